The molecular formula is C11H14BrNO3S. The molecule has 4 nitrogen and oxygen atoms in total. The lowest BCUT2D eigenvalue weighted by atomic mass is 10.4. The fourth-order valence-electron chi connectivity index (χ4n) is 1.74. The summed E-state index contributed by atoms with van der Waals surface area (Å²) in [7, 11) is -3.50. The minimum atomic E-state index is -3.50. The van der Waals surface area contributed by atoms with Crippen LogP contribution in [0.15, 0.2) is 33.6 Å². The van der Waals surface area contributed by atoms with E-state index in [0.717, 1.165) is 12.8 Å². The van der Waals surface area contributed by atoms with E-state index < -0.39 is 10.0 Å². The molecule has 0 saturated heterocycles. The number of aliphatic hydroxyl groups excluding tert-OH is 1. The topological polar surface area (TPSA) is 57.6 Å². The summed E-state index contributed by atoms with van der Waals surface area (Å²) < 4.78 is 26.8. The maximum Gasteiger partial charge on any atom is 0.244 e. The molecule has 0 aliphatic heterocycles. The van der Waals surface area contributed by atoms with E-state index in [1.54, 1.807) is 24.3 Å². The van der Waals surface area contributed by atoms with Gasteiger partial charge in [0, 0.05) is 17.1 Å². The third kappa shape index (κ3) is 2.70. The first-order valence-electron chi connectivity index (χ1n) is 5.44. The van der Waals surface area contributed by atoms with E-state index in [1.165, 1.54) is 4.31 Å². The van der Waals surface area contributed by atoms with Crippen LogP contribution in [0.2, 0.25) is 0 Å². The fraction of sp³-hybridized carbons (Fsp3) is 0.455. The SMILES string of the molecule is O=S(=O)(c1ccccc1Br)N(CCO)C1CC1. The van der Waals surface area contributed by atoms with E-state index in [1.807, 2.05) is 0 Å². The molecule has 0 amide bonds. The highest BCUT2D eigenvalue weighted by atomic mass is 79.9. The highest BCUT2D eigenvalue weighted by molar-refractivity contribution is 9.10. The van der Waals surface area contributed by atoms with E-state index in [0.29, 0.717) is 4.47 Å². The van der Waals surface area contributed by atoms with Crippen molar-refractivity contribution in [3.8, 4) is 0 Å². The summed E-state index contributed by atoms with van der Waals surface area (Å²) in [6.45, 7) is 0.00845. The quantitative estimate of drug-likeness (QED) is 0.896. The molecule has 1 N–H and O–H groups in total. The molecule has 0 aromatic heterocycles. The Labute approximate surface area is 109 Å². The van der Waals surface area contributed by atoms with Gasteiger partial charge in [-0.25, -0.2) is 8.42 Å². The molecule has 0 spiro atoms. The molecule has 6 heteroatoms. The van der Waals surface area contributed by atoms with Crippen molar-refractivity contribution in [3.63, 3.8) is 0 Å². The van der Waals surface area contributed by atoms with Gasteiger partial charge in [0.25, 0.3) is 0 Å². The van der Waals surface area contributed by atoms with Crippen molar-refractivity contribution in [2.45, 2.75) is 23.8 Å². The van der Waals surface area contributed by atoms with Gasteiger partial charge in [0.15, 0.2) is 0 Å². The Morgan fingerprint density at radius 2 is 2.00 bits per heavy atom. The third-order valence-electron chi connectivity index (χ3n) is 2.70. The molecule has 94 valence electrons. The van der Waals surface area contributed by atoms with E-state index in [9.17, 15) is 8.42 Å². The van der Waals surface area contributed by atoms with Gasteiger partial charge < -0.3 is 5.11 Å². The molecule has 1 aromatic carbocycles. The maximum absolute atomic E-state index is 12.4. The number of rotatable bonds is 5. The van der Waals surface area contributed by atoms with Crippen LogP contribution in [0.25, 0.3) is 0 Å². The smallest absolute Gasteiger partial charge is 0.244 e. The van der Waals surface area contributed by atoms with Crippen LogP contribution in [0.3, 0.4) is 0 Å². The Morgan fingerprint density at radius 1 is 1.35 bits per heavy atom. The van der Waals surface area contributed by atoms with Crippen LogP contribution >= 0.6 is 15.9 Å². The van der Waals surface area contributed by atoms with Crippen LogP contribution in [-0.2, 0) is 10.0 Å². The summed E-state index contributed by atoms with van der Waals surface area (Å²) in [6.07, 6.45) is 1.76. The second-order valence-electron chi connectivity index (χ2n) is 4.00. The van der Waals surface area contributed by atoms with Gasteiger partial charge in [-0.05, 0) is 40.9 Å². The highest BCUT2D eigenvalue weighted by Gasteiger charge is 2.38. The Kier molecular flexibility index (Phi) is 3.87. The molecule has 1 saturated carbocycles. The fourth-order valence-corrected chi connectivity index (χ4v) is 4.38. The molecule has 0 unspecified atom stereocenters. The first-order valence-corrected chi connectivity index (χ1v) is 7.68. The zero-order valence-corrected chi connectivity index (χ0v) is 11.6. The predicted octanol–water partition coefficient (Wildman–Crippen LogP) is 1.59. The number of hydrogen-bond acceptors (Lipinski definition) is 3. The molecular weight excluding hydrogens is 306 g/mol. The highest BCUT2D eigenvalue weighted by Crippen LogP contribution is 2.33. The molecule has 0 atom stereocenters. The molecule has 1 fully saturated rings. The Balaban J connectivity index is 2.37. The number of hydrogen-bond donors (Lipinski definition) is 1. The van der Waals surface area contributed by atoms with Gasteiger partial charge in [-0.15, -0.1) is 0 Å². The van der Waals surface area contributed by atoms with E-state index in [2.05, 4.69) is 15.9 Å². The standard InChI is InChI=1S/C11H14BrNO3S/c12-10-3-1-2-4-11(10)17(15,16)13(7-8-14)9-5-6-9/h1-4,9,14H,5-8H2. The van der Waals surface area contributed by atoms with Gasteiger partial charge in [-0.3, -0.25) is 0 Å². The largest absolute Gasteiger partial charge is 0.395 e. The lowest BCUT2D eigenvalue weighted by molar-refractivity contribution is 0.250. The van der Waals surface area contributed by atoms with Crippen molar-refractivity contribution >= 4 is 26.0 Å². The third-order valence-corrected chi connectivity index (χ3v) is 5.66. The van der Waals surface area contributed by atoms with Crippen LogP contribution < -0.4 is 0 Å². The average Bonchev–Trinajstić information content (AvgIpc) is 3.10. The van der Waals surface area contributed by atoms with Crippen LogP contribution in [0.5, 0.6) is 0 Å². The van der Waals surface area contributed by atoms with Gasteiger partial charge in [-0.1, -0.05) is 12.1 Å². The Morgan fingerprint density at radius 3 is 2.53 bits per heavy atom. The van der Waals surface area contributed by atoms with Crippen molar-refractivity contribution in [2.75, 3.05) is 13.2 Å². The molecule has 0 radical (unpaired) electrons. The van der Waals surface area contributed by atoms with Gasteiger partial charge in [0.2, 0.25) is 10.0 Å². The minimum Gasteiger partial charge on any atom is -0.395 e. The summed E-state index contributed by atoms with van der Waals surface area (Å²) in [5, 5.41) is 8.98. The zero-order valence-electron chi connectivity index (χ0n) is 9.21. The van der Waals surface area contributed by atoms with Crippen molar-refractivity contribution in [3.05, 3.63) is 28.7 Å². The van der Waals surface area contributed by atoms with Crippen LogP contribution in [0.1, 0.15) is 12.8 Å². The summed E-state index contributed by atoms with van der Waals surface area (Å²) in [5.41, 5.74) is 0. The number of aliphatic hydroxyl groups is 1. The van der Waals surface area contributed by atoms with Crippen LogP contribution in [0, 0.1) is 0 Å². The van der Waals surface area contributed by atoms with E-state index >= 15 is 0 Å². The van der Waals surface area contributed by atoms with Gasteiger partial charge >= 0.3 is 0 Å². The minimum absolute atomic E-state index is 0.0549. The maximum atomic E-state index is 12.4. The van der Waals surface area contributed by atoms with E-state index in [4.69, 9.17) is 5.11 Å². The number of halogens is 1. The van der Waals surface area contributed by atoms with Gasteiger partial charge in [0.05, 0.1) is 11.5 Å². The van der Waals surface area contributed by atoms with Crippen molar-refractivity contribution < 1.29 is 13.5 Å². The summed E-state index contributed by atoms with van der Waals surface area (Å²) in [5.74, 6) is 0. The Hall–Kier alpha value is -0.430. The molecule has 17 heavy (non-hydrogen) atoms. The predicted molar refractivity (Wildman–Crippen MR) is 68.1 cm³/mol. The summed E-state index contributed by atoms with van der Waals surface area (Å²) in [4.78, 5) is 0.264. The first-order chi connectivity index (χ1) is 8.07. The number of benzene rings is 1. The summed E-state index contributed by atoms with van der Waals surface area (Å²) in [6, 6.07) is 6.81. The molecule has 1 aromatic rings. The van der Waals surface area contributed by atoms with E-state index in [-0.39, 0.29) is 24.1 Å². The molecule has 1 aliphatic rings. The lowest BCUT2D eigenvalue weighted by Gasteiger charge is -2.21. The van der Waals surface area contributed by atoms with Gasteiger partial charge in [0.1, 0.15) is 0 Å². The van der Waals surface area contributed by atoms with Gasteiger partial charge in [-0.2, -0.15) is 4.31 Å². The Bertz CT molecular complexity index is 499. The number of nitrogens with zero attached hydrogens (tertiary/aromatic N) is 1. The molecule has 1 aliphatic carbocycles. The second kappa shape index (κ2) is 5.06. The summed E-state index contributed by atoms with van der Waals surface area (Å²) >= 11 is 3.25. The second-order valence-corrected chi connectivity index (χ2v) is 6.71. The number of sulfonamides is 1. The van der Waals surface area contributed by atoms with Crippen molar-refractivity contribution in [1.29, 1.82) is 0 Å². The van der Waals surface area contributed by atoms with Crippen LogP contribution in [-0.4, -0.2) is 37.0 Å². The zero-order chi connectivity index (χ0) is 12.5. The van der Waals surface area contributed by atoms with Crippen molar-refractivity contribution in [1.82, 2.24) is 4.31 Å². The molecule has 0 heterocycles. The lowest BCUT2D eigenvalue weighted by Crippen LogP contribution is -2.35. The monoisotopic (exact) mass is 319 g/mol. The normalized spacial score (nSPS) is 16.4. The van der Waals surface area contributed by atoms with Crippen LogP contribution in [0.4, 0.5) is 0 Å². The molecule has 2 rings (SSSR count). The average molecular weight is 320 g/mol. The first kappa shape index (κ1) is 13.0. The van der Waals surface area contributed by atoms with Crippen molar-refractivity contribution in [2.24, 2.45) is 0 Å². The molecule has 0 bridgehead atoms.